The molecule has 1 unspecified atom stereocenters. The maximum atomic E-state index is 3.78. The van der Waals surface area contributed by atoms with E-state index < -0.39 is 0 Å². The Hall–Kier alpha value is -0.340. The number of hydrogen-bond donors (Lipinski definition) is 1. The molecule has 0 bridgehead atoms. The van der Waals surface area contributed by atoms with Crippen LogP contribution in [-0.4, -0.2) is 36.6 Å². The quantitative estimate of drug-likeness (QED) is 0.739. The van der Waals surface area contributed by atoms with Gasteiger partial charge in [0.25, 0.3) is 0 Å². The topological polar surface area (TPSA) is 15.3 Å². The highest BCUT2D eigenvalue weighted by molar-refractivity contribution is 5.00. The molecule has 1 heterocycles. The van der Waals surface area contributed by atoms with Gasteiger partial charge in [0.05, 0.1) is 0 Å². The highest BCUT2D eigenvalue weighted by atomic mass is 15.2. The molecule has 96 valence electrons. The van der Waals surface area contributed by atoms with Crippen LogP contribution in [0.3, 0.4) is 0 Å². The zero-order valence-corrected chi connectivity index (χ0v) is 10.9. The van der Waals surface area contributed by atoms with Gasteiger partial charge >= 0.3 is 0 Å². The fourth-order valence-corrected chi connectivity index (χ4v) is 3.89. The third-order valence-corrected chi connectivity index (χ3v) is 4.95. The summed E-state index contributed by atoms with van der Waals surface area (Å²) in [6.07, 6.45) is 14.6. The second-order valence-corrected chi connectivity index (χ2v) is 6.05. The van der Waals surface area contributed by atoms with Gasteiger partial charge in [0.1, 0.15) is 0 Å². The van der Waals surface area contributed by atoms with E-state index in [1.807, 2.05) is 0 Å². The molecular formula is C15H26N2. The lowest BCUT2D eigenvalue weighted by molar-refractivity contribution is 0.112. The normalized spacial score (nSPS) is 33.3. The van der Waals surface area contributed by atoms with Gasteiger partial charge in [-0.1, -0.05) is 31.4 Å². The molecule has 2 nitrogen and oxygen atoms in total. The first-order valence-electron chi connectivity index (χ1n) is 7.56. The fourth-order valence-electron chi connectivity index (χ4n) is 3.89. The van der Waals surface area contributed by atoms with Gasteiger partial charge in [-0.05, 0) is 31.6 Å². The third-order valence-electron chi connectivity index (χ3n) is 4.95. The van der Waals surface area contributed by atoms with E-state index in [9.17, 15) is 0 Å². The molecule has 1 atom stereocenters. The summed E-state index contributed by atoms with van der Waals surface area (Å²) in [5, 5.41) is 3.78. The van der Waals surface area contributed by atoms with Crippen LogP contribution < -0.4 is 5.32 Å². The molecule has 2 aliphatic carbocycles. The fraction of sp³-hybridized carbons (Fsp3) is 0.867. The predicted molar refractivity (Wildman–Crippen MR) is 72.1 cm³/mol. The van der Waals surface area contributed by atoms with Crippen LogP contribution in [0.2, 0.25) is 0 Å². The maximum Gasteiger partial charge on any atom is 0.0223 e. The number of hydrogen-bond acceptors (Lipinski definition) is 2. The molecule has 0 aromatic heterocycles. The Morgan fingerprint density at radius 1 is 1.00 bits per heavy atom. The van der Waals surface area contributed by atoms with E-state index in [-0.39, 0.29) is 0 Å². The summed E-state index contributed by atoms with van der Waals surface area (Å²) in [5.41, 5.74) is 0. The van der Waals surface area contributed by atoms with Crippen molar-refractivity contribution in [3.8, 4) is 0 Å². The molecule has 0 radical (unpaired) electrons. The Labute approximate surface area is 105 Å². The minimum absolute atomic E-state index is 0.782. The van der Waals surface area contributed by atoms with Gasteiger partial charge in [0.2, 0.25) is 0 Å². The van der Waals surface area contributed by atoms with Crippen LogP contribution in [0.1, 0.15) is 44.9 Å². The average molecular weight is 234 g/mol. The molecule has 0 amide bonds. The number of nitrogens with zero attached hydrogens (tertiary/aromatic N) is 1. The van der Waals surface area contributed by atoms with Crippen molar-refractivity contribution >= 4 is 0 Å². The van der Waals surface area contributed by atoms with E-state index in [2.05, 4.69) is 22.4 Å². The van der Waals surface area contributed by atoms with E-state index in [0.29, 0.717) is 0 Å². The SMILES string of the molecule is C1=CCC(N2CCNC(C3CCCCC3)C2)C1. The molecule has 1 saturated heterocycles. The second-order valence-electron chi connectivity index (χ2n) is 6.05. The summed E-state index contributed by atoms with van der Waals surface area (Å²) < 4.78 is 0. The first kappa shape index (κ1) is 11.7. The van der Waals surface area contributed by atoms with E-state index in [1.54, 1.807) is 0 Å². The van der Waals surface area contributed by atoms with E-state index >= 15 is 0 Å². The first-order chi connectivity index (χ1) is 8.43. The molecule has 2 fully saturated rings. The lowest BCUT2D eigenvalue weighted by Gasteiger charge is -2.41. The molecule has 0 aromatic carbocycles. The highest BCUT2D eigenvalue weighted by Crippen LogP contribution is 2.29. The van der Waals surface area contributed by atoms with Gasteiger partial charge in [-0.3, -0.25) is 4.90 Å². The molecule has 0 aromatic rings. The molecule has 17 heavy (non-hydrogen) atoms. The summed E-state index contributed by atoms with van der Waals surface area (Å²) in [7, 11) is 0. The first-order valence-corrected chi connectivity index (χ1v) is 7.56. The minimum atomic E-state index is 0.782. The van der Waals surface area contributed by atoms with Crippen molar-refractivity contribution in [2.45, 2.75) is 57.0 Å². The van der Waals surface area contributed by atoms with Crippen LogP contribution in [-0.2, 0) is 0 Å². The number of piperazine rings is 1. The maximum absolute atomic E-state index is 3.78. The van der Waals surface area contributed by atoms with Gasteiger partial charge in [-0.15, -0.1) is 0 Å². The highest BCUT2D eigenvalue weighted by Gasteiger charge is 2.30. The Bertz CT molecular complexity index is 260. The van der Waals surface area contributed by atoms with Crippen LogP contribution >= 0.6 is 0 Å². The monoisotopic (exact) mass is 234 g/mol. The molecule has 0 spiro atoms. The largest absolute Gasteiger partial charge is 0.311 e. The third kappa shape index (κ3) is 2.74. The molecular weight excluding hydrogens is 208 g/mol. The van der Waals surface area contributed by atoms with E-state index in [1.165, 1.54) is 64.6 Å². The van der Waals surface area contributed by atoms with Crippen molar-refractivity contribution in [3.63, 3.8) is 0 Å². The standard InChI is InChI=1S/C15H26N2/c1-2-6-13(7-3-1)15-12-17(11-10-16-15)14-8-4-5-9-14/h4-5,13-16H,1-3,6-12H2. The van der Waals surface area contributed by atoms with Gasteiger partial charge in [0, 0.05) is 31.7 Å². The predicted octanol–water partition coefficient (Wildman–Crippen LogP) is 2.56. The second kappa shape index (κ2) is 5.53. The van der Waals surface area contributed by atoms with Gasteiger partial charge in [-0.25, -0.2) is 0 Å². The van der Waals surface area contributed by atoms with E-state index in [0.717, 1.165) is 18.0 Å². The van der Waals surface area contributed by atoms with Crippen molar-refractivity contribution in [2.75, 3.05) is 19.6 Å². The lowest BCUT2D eigenvalue weighted by Crippen LogP contribution is -2.56. The summed E-state index contributed by atoms with van der Waals surface area (Å²) in [5.74, 6) is 0.959. The summed E-state index contributed by atoms with van der Waals surface area (Å²) >= 11 is 0. The van der Waals surface area contributed by atoms with Gasteiger partial charge in [0.15, 0.2) is 0 Å². The molecule has 1 aliphatic heterocycles. The Balaban J connectivity index is 1.55. The van der Waals surface area contributed by atoms with Crippen LogP contribution in [0.5, 0.6) is 0 Å². The van der Waals surface area contributed by atoms with Gasteiger partial charge < -0.3 is 5.32 Å². The smallest absolute Gasteiger partial charge is 0.0223 e. The molecule has 3 aliphatic rings. The number of rotatable bonds is 2. The van der Waals surface area contributed by atoms with Crippen LogP contribution in [0.25, 0.3) is 0 Å². The average Bonchev–Trinajstić information content (AvgIpc) is 2.94. The van der Waals surface area contributed by atoms with Crippen LogP contribution in [0.4, 0.5) is 0 Å². The van der Waals surface area contributed by atoms with Crippen molar-refractivity contribution < 1.29 is 0 Å². The van der Waals surface area contributed by atoms with Crippen LogP contribution in [0, 0.1) is 5.92 Å². The van der Waals surface area contributed by atoms with Crippen molar-refractivity contribution in [2.24, 2.45) is 5.92 Å². The zero-order chi connectivity index (χ0) is 11.5. The molecule has 1 N–H and O–H groups in total. The molecule has 1 saturated carbocycles. The van der Waals surface area contributed by atoms with Crippen molar-refractivity contribution in [1.29, 1.82) is 0 Å². The number of nitrogens with one attached hydrogen (secondary N) is 1. The molecule has 2 heteroatoms. The van der Waals surface area contributed by atoms with Crippen molar-refractivity contribution in [1.82, 2.24) is 10.2 Å². The summed E-state index contributed by atoms with van der Waals surface area (Å²) in [4.78, 5) is 2.75. The summed E-state index contributed by atoms with van der Waals surface area (Å²) in [6, 6.07) is 1.60. The van der Waals surface area contributed by atoms with E-state index in [4.69, 9.17) is 0 Å². The lowest BCUT2D eigenvalue weighted by atomic mass is 9.83. The Morgan fingerprint density at radius 2 is 1.76 bits per heavy atom. The zero-order valence-electron chi connectivity index (χ0n) is 10.9. The van der Waals surface area contributed by atoms with Crippen LogP contribution in [0.15, 0.2) is 12.2 Å². The Morgan fingerprint density at radius 3 is 2.53 bits per heavy atom. The summed E-state index contributed by atoms with van der Waals surface area (Å²) in [6.45, 7) is 3.77. The van der Waals surface area contributed by atoms with Crippen molar-refractivity contribution in [3.05, 3.63) is 12.2 Å². The van der Waals surface area contributed by atoms with Gasteiger partial charge in [-0.2, -0.15) is 0 Å². The Kier molecular flexibility index (Phi) is 3.82. The minimum Gasteiger partial charge on any atom is -0.311 e. The molecule has 3 rings (SSSR count).